The molecule has 3 aliphatic rings. The molecule has 0 aromatic heterocycles. The average molecular weight is 528 g/mol. The highest BCUT2D eigenvalue weighted by Crippen LogP contribution is 2.38. The molecule has 0 saturated heterocycles. The minimum Gasteiger partial charge on any atom is -0.493 e. The van der Waals surface area contributed by atoms with Crippen molar-refractivity contribution in [1.29, 1.82) is 0 Å². The van der Waals surface area contributed by atoms with E-state index in [1.165, 1.54) is 31.4 Å². The molecule has 38 heavy (non-hydrogen) atoms. The van der Waals surface area contributed by atoms with E-state index < -0.39 is 17.6 Å². The quantitative estimate of drug-likeness (QED) is 0.477. The van der Waals surface area contributed by atoms with E-state index in [4.69, 9.17) is 4.74 Å². The molecule has 2 aliphatic heterocycles. The summed E-state index contributed by atoms with van der Waals surface area (Å²) in [6.07, 6.45) is 4.53. The molecule has 1 unspecified atom stereocenters. The molecular weight excluding hydrogens is 495 g/mol. The summed E-state index contributed by atoms with van der Waals surface area (Å²) in [5.41, 5.74) is 2.54. The second-order valence-corrected chi connectivity index (χ2v) is 10.4. The molecule has 2 aromatic rings. The molecule has 0 bridgehead atoms. The molecule has 2 aromatic carbocycles. The lowest BCUT2D eigenvalue weighted by molar-refractivity contribution is -0.137. The van der Waals surface area contributed by atoms with Crippen molar-refractivity contribution >= 4 is 28.8 Å². The second-order valence-electron chi connectivity index (χ2n) is 10.4. The van der Waals surface area contributed by atoms with Crippen molar-refractivity contribution in [2.24, 2.45) is 0 Å². The van der Waals surface area contributed by atoms with Crippen molar-refractivity contribution in [3.05, 3.63) is 59.2 Å². The van der Waals surface area contributed by atoms with Crippen molar-refractivity contribution in [3.63, 3.8) is 0 Å². The highest BCUT2D eigenvalue weighted by Gasteiger charge is 2.34. The summed E-state index contributed by atoms with van der Waals surface area (Å²) < 4.78 is 44.9. The molecule has 1 atom stereocenters. The normalized spacial score (nSPS) is 21.2. The van der Waals surface area contributed by atoms with E-state index >= 15 is 0 Å². The third kappa shape index (κ3) is 5.72. The monoisotopic (exact) mass is 527 g/mol. The predicted molar refractivity (Wildman–Crippen MR) is 140 cm³/mol. The molecule has 2 heterocycles. The Hall–Kier alpha value is -3.33. The van der Waals surface area contributed by atoms with Crippen LogP contribution >= 0.6 is 0 Å². The third-order valence-corrected chi connectivity index (χ3v) is 7.80. The number of ether oxygens (including phenoxy) is 1. The number of halogens is 3. The van der Waals surface area contributed by atoms with Gasteiger partial charge < -0.3 is 15.4 Å². The first kappa shape index (κ1) is 26.3. The lowest BCUT2D eigenvalue weighted by Gasteiger charge is -2.38. The van der Waals surface area contributed by atoms with Crippen LogP contribution in [0.4, 0.5) is 24.5 Å². The Balaban J connectivity index is 1.29. The van der Waals surface area contributed by atoms with Gasteiger partial charge in [-0.15, -0.1) is 0 Å². The number of amides is 2. The minimum atomic E-state index is -4.47. The van der Waals surface area contributed by atoms with Gasteiger partial charge in [0, 0.05) is 29.1 Å². The van der Waals surface area contributed by atoms with Crippen molar-refractivity contribution in [2.75, 3.05) is 24.3 Å². The van der Waals surface area contributed by atoms with E-state index in [-0.39, 0.29) is 24.3 Å². The number of carbonyl (C=O) groups is 2. The molecule has 1 fully saturated rings. The molecule has 202 valence electrons. The first-order valence-electron chi connectivity index (χ1n) is 13.2. The lowest BCUT2D eigenvalue weighted by Crippen LogP contribution is -2.50. The van der Waals surface area contributed by atoms with Gasteiger partial charge in [0.1, 0.15) is 5.75 Å². The van der Waals surface area contributed by atoms with E-state index in [9.17, 15) is 22.8 Å². The Kier molecular flexibility index (Phi) is 7.47. The molecular formula is C29H32F3N3O3. The summed E-state index contributed by atoms with van der Waals surface area (Å²) in [4.78, 5) is 28.0. The smallest absolute Gasteiger partial charge is 0.416 e. The first-order chi connectivity index (χ1) is 18.2. The molecule has 9 heteroatoms. The first-order valence-corrected chi connectivity index (χ1v) is 13.2. The molecule has 5 rings (SSSR count). The van der Waals surface area contributed by atoms with Gasteiger partial charge in [-0.05, 0) is 74.6 Å². The Morgan fingerprint density at radius 1 is 1.11 bits per heavy atom. The number of nitrogens with one attached hydrogen (secondary N) is 2. The molecule has 2 amide bonds. The maximum absolute atomic E-state index is 13.1. The highest BCUT2D eigenvalue weighted by molar-refractivity contribution is 6.05. The summed E-state index contributed by atoms with van der Waals surface area (Å²) in [5, 5.41) is 5.84. The maximum atomic E-state index is 13.1. The van der Waals surface area contributed by atoms with Gasteiger partial charge >= 0.3 is 6.18 Å². The van der Waals surface area contributed by atoms with Gasteiger partial charge in [0.05, 0.1) is 18.2 Å². The summed E-state index contributed by atoms with van der Waals surface area (Å²) in [6, 6.07) is 9.04. The third-order valence-electron chi connectivity index (χ3n) is 7.80. The zero-order valence-corrected chi connectivity index (χ0v) is 21.4. The van der Waals surface area contributed by atoms with Gasteiger partial charge in [-0.3, -0.25) is 14.5 Å². The Labute approximate surface area is 220 Å². The fraction of sp³-hybridized carbons (Fsp3) is 0.448. The zero-order chi connectivity index (χ0) is 26.9. The largest absolute Gasteiger partial charge is 0.493 e. The highest BCUT2D eigenvalue weighted by atomic mass is 19.4. The Bertz CT molecular complexity index is 1250. The maximum Gasteiger partial charge on any atom is 0.416 e. The number of benzene rings is 2. The van der Waals surface area contributed by atoms with Gasteiger partial charge in [0.2, 0.25) is 11.8 Å². The van der Waals surface area contributed by atoms with E-state index in [1.807, 2.05) is 19.2 Å². The van der Waals surface area contributed by atoms with Crippen LogP contribution in [0.3, 0.4) is 0 Å². The van der Waals surface area contributed by atoms with Crippen LogP contribution in [0, 0.1) is 0 Å². The average Bonchev–Trinajstić information content (AvgIpc) is 3.09. The topological polar surface area (TPSA) is 70.7 Å². The summed E-state index contributed by atoms with van der Waals surface area (Å²) in [7, 11) is 2.04. The predicted octanol–water partition coefficient (Wildman–Crippen LogP) is 6.03. The van der Waals surface area contributed by atoms with Crippen LogP contribution in [0.25, 0.3) is 5.57 Å². The number of nitrogens with zero attached hydrogens (tertiary/aromatic N) is 1. The summed E-state index contributed by atoms with van der Waals surface area (Å²) in [5.74, 6) is -0.310. The number of carbonyl (C=O) groups excluding carboxylic acids is 2. The fourth-order valence-corrected chi connectivity index (χ4v) is 5.69. The van der Waals surface area contributed by atoms with Crippen LogP contribution in [0.2, 0.25) is 0 Å². The minimum absolute atomic E-state index is 0.0375. The van der Waals surface area contributed by atoms with Crippen molar-refractivity contribution in [3.8, 4) is 5.75 Å². The van der Waals surface area contributed by atoms with Crippen molar-refractivity contribution in [2.45, 2.75) is 69.6 Å². The fourth-order valence-electron chi connectivity index (χ4n) is 5.69. The second kappa shape index (κ2) is 10.8. The van der Waals surface area contributed by atoms with E-state index in [0.29, 0.717) is 47.8 Å². The van der Waals surface area contributed by atoms with E-state index in [1.54, 1.807) is 6.07 Å². The van der Waals surface area contributed by atoms with Crippen LogP contribution < -0.4 is 15.4 Å². The van der Waals surface area contributed by atoms with E-state index in [2.05, 4.69) is 15.5 Å². The number of rotatable bonds is 4. The van der Waals surface area contributed by atoms with Gasteiger partial charge in [0.25, 0.3) is 0 Å². The van der Waals surface area contributed by atoms with Crippen LogP contribution in [0.15, 0.2) is 42.5 Å². The SMILES string of the molecule is CN(C1CCCCC1)C1Cc2ccc(NC(=O)/C=C3\CCCOc4cc(C(F)(F)F)ccc43)cc2NC1=O. The van der Waals surface area contributed by atoms with Crippen LogP contribution in [0.5, 0.6) is 5.75 Å². The van der Waals surface area contributed by atoms with E-state index in [0.717, 1.165) is 30.5 Å². The molecule has 2 N–H and O–H groups in total. The van der Waals surface area contributed by atoms with Gasteiger partial charge in [-0.1, -0.05) is 31.4 Å². The van der Waals surface area contributed by atoms with Crippen LogP contribution in [0.1, 0.15) is 61.6 Å². The van der Waals surface area contributed by atoms with Gasteiger partial charge in [-0.2, -0.15) is 13.2 Å². The lowest BCUT2D eigenvalue weighted by atomic mass is 9.91. The van der Waals surface area contributed by atoms with Crippen LogP contribution in [-0.4, -0.2) is 42.5 Å². The number of alkyl halides is 3. The van der Waals surface area contributed by atoms with Gasteiger partial charge in [-0.25, -0.2) is 0 Å². The number of hydrogen-bond donors (Lipinski definition) is 2. The van der Waals surface area contributed by atoms with Crippen molar-refractivity contribution in [1.82, 2.24) is 4.90 Å². The molecule has 1 saturated carbocycles. The molecule has 0 radical (unpaired) electrons. The Morgan fingerprint density at radius 2 is 1.89 bits per heavy atom. The van der Waals surface area contributed by atoms with Crippen molar-refractivity contribution < 1.29 is 27.5 Å². The number of fused-ring (bicyclic) bond motifs is 2. The number of likely N-dealkylation sites (N-methyl/N-ethyl adjacent to an activating group) is 1. The number of allylic oxidation sites excluding steroid dienone is 1. The van der Waals surface area contributed by atoms with Crippen LogP contribution in [-0.2, 0) is 22.2 Å². The molecule has 0 spiro atoms. The molecule has 1 aliphatic carbocycles. The number of anilines is 2. The zero-order valence-electron chi connectivity index (χ0n) is 21.4. The number of hydrogen-bond acceptors (Lipinski definition) is 4. The van der Waals surface area contributed by atoms with Gasteiger partial charge in [0.15, 0.2) is 0 Å². The molecule has 6 nitrogen and oxygen atoms in total. The Morgan fingerprint density at radius 3 is 2.66 bits per heavy atom. The summed E-state index contributed by atoms with van der Waals surface area (Å²) >= 11 is 0. The standard InChI is InChI=1S/C29H32F3N3O3/c1-35(22-7-3-2-4-8-22)25-14-19-9-11-21(17-24(19)34-28(25)37)33-27(36)15-18-6-5-13-38-26-16-20(29(30,31)32)10-12-23(18)26/h9-12,15-17,22,25H,2-8,13-14H2,1H3,(H,33,36)(H,34,37)/b18-15+. The summed E-state index contributed by atoms with van der Waals surface area (Å²) in [6.45, 7) is 0.273.